The van der Waals surface area contributed by atoms with Crippen LogP contribution in [0.5, 0.6) is 0 Å². The molecule has 3 nitrogen and oxygen atoms in total. The normalized spacial score (nSPS) is 12.7. The molecule has 0 saturated heterocycles. The zero-order chi connectivity index (χ0) is 15.6. The van der Waals surface area contributed by atoms with Gasteiger partial charge in [0.1, 0.15) is 0 Å². The summed E-state index contributed by atoms with van der Waals surface area (Å²) in [6.07, 6.45) is 17.3. The molecule has 0 aliphatic rings. The Bertz CT molecular complexity index is 185. The molecule has 1 unspecified atom stereocenters. The fraction of sp³-hybridized carbons (Fsp3) is 1.00. The third kappa shape index (κ3) is 17.8. The fourth-order valence-corrected chi connectivity index (χ4v) is 2.73. The van der Waals surface area contributed by atoms with Gasteiger partial charge in [0, 0.05) is 13.2 Å². The Morgan fingerprint density at radius 3 is 1.19 bits per heavy atom. The molecule has 0 saturated carbocycles. The van der Waals surface area contributed by atoms with Crippen molar-refractivity contribution in [2.45, 2.75) is 102 Å². The molecule has 3 N–H and O–H groups in total. The first-order valence-electron chi connectivity index (χ1n) is 9.21. The first kappa shape index (κ1) is 20.9. The second-order valence-corrected chi connectivity index (χ2v) is 6.27. The Morgan fingerprint density at radius 2 is 0.762 bits per heavy atom. The highest BCUT2D eigenvalue weighted by Crippen LogP contribution is 2.13. The van der Waals surface area contributed by atoms with Crippen molar-refractivity contribution in [2.24, 2.45) is 0 Å². The maximum Gasteiger partial charge on any atom is 0.0541 e. The lowest BCUT2D eigenvalue weighted by Gasteiger charge is -2.09. The van der Waals surface area contributed by atoms with Crippen LogP contribution in [0.1, 0.15) is 96.3 Å². The summed E-state index contributed by atoms with van der Waals surface area (Å²) in [6.45, 7) is 0.539. The van der Waals surface area contributed by atoms with Gasteiger partial charge >= 0.3 is 0 Å². The highest BCUT2D eigenvalue weighted by Gasteiger charge is 2.02. The summed E-state index contributed by atoms with van der Waals surface area (Å²) in [5, 5.41) is 27.0. The van der Waals surface area contributed by atoms with Crippen LogP contribution >= 0.6 is 0 Å². The minimum absolute atomic E-state index is 0.193. The van der Waals surface area contributed by atoms with E-state index < -0.39 is 0 Å². The van der Waals surface area contributed by atoms with Crippen LogP contribution in [-0.4, -0.2) is 34.6 Å². The molecule has 3 heteroatoms. The topological polar surface area (TPSA) is 60.7 Å². The molecule has 0 aliphatic heterocycles. The number of rotatable bonds is 17. The van der Waals surface area contributed by atoms with Crippen LogP contribution in [0.4, 0.5) is 0 Å². The van der Waals surface area contributed by atoms with Crippen molar-refractivity contribution in [1.29, 1.82) is 0 Å². The van der Waals surface area contributed by atoms with Crippen molar-refractivity contribution in [3.63, 3.8) is 0 Å². The zero-order valence-corrected chi connectivity index (χ0v) is 13.9. The van der Waals surface area contributed by atoms with Gasteiger partial charge in [-0.15, -0.1) is 0 Å². The Balaban J connectivity index is 3.02. The van der Waals surface area contributed by atoms with E-state index in [0.29, 0.717) is 6.61 Å². The summed E-state index contributed by atoms with van der Waals surface area (Å²) in [5.74, 6) is 0. The molecule has 0 aliphatic carbocycles. The number of hydrogen-bond acceptors (Lipinski definition) is 3. The highest BCUT2D eigenvalue weighted by atomic mass is 16.3. The van der Waals surface area contributed by atoms with E-state index in [1.54, 1.807) is 0 Å². The van der Waals surface area contributed by atoms with E-state index in [-0.39, 0.29) is 12.7 Å². The summed E-state index contributed by atoms with van der Waals surface area (Å²) < 4.78 is 0. The zero-order valence-electron chi connectivity index (χ0n) is 13.9. The second-order valence-electron chi connectivity index (χ2n) is 6.27. The lowest BCUT2D eigenvalue weighted by atomic mass is 10.0. The number of unbranched alkanes of at least 4 members (excludes halogenated alkanes) is 11. The molecule has 0 heterocycles. The Kier molecular flexibility index (Phi) is 17.8. The number of aliphatic hydroxyl groups is 3. The third-order valence-electron chi connectivity index (χ3n) is 4.14. The monoisotopic (exact) mass is 302 g/mol. The average Bonchev–Trinajstić information content (AvgIpc) is 2.49. The maximum absolute atomic E-state index is 9.63. The lowest BCUT2D eigenvalue weighted by molar-refractivity contribution is 0.137. The molecule has 0 fully saturated rings. The van der Waals surface area contributed by atoms with Crippen LogP contribution < -0.4 is 0 Å². The van der Waals surface area contributed by atoms with Gasteiger partial charge in [-0.05, 0) is 25.7 Å². The van der Waals surface area contributed by atoms with Gasteiger partial charge in [-0.2, -0.15) is 0 Å². The highest BCUT2D eigenvalue weighted by molar-refractivity contribution is 4.56. The van der Waals surface area contributed by atoms with Crippen LogP contribution in [0.3, 0.4) is 0 Å². The number of hydrogen-bond donors (Lipinski definition) is 3. The van der Waals surface area contributed by atoms with E-state index in [1.165, 1.54) is 64.2 Å². The first-order chi connectivity index (χ1) is 10.3. The minimum Gasteiger partial charge on any atom is -0.396 e. The van der Waals surface area contributed by atoms with Crippen LogP contribution in [-0.2, 0) is 0 Å². The Hall–Kier alpha value is -0.120. The van der Waals surface area contributed by atoms with Crippen molar-refractivity contribution in [1.82, 2.24) is 0 Å². The van der Waals surface area contributed by atoms with Crippen LogP contribution in [0.2, 0.25) is 0 Å². The summed E-state index contributed by atoms with van der Waals surface area (Å²) in [4.78, 5) is 0. The molecule has 0 amide bonds. The van der Waals surface area contributed by atoms with Gasteiger partial charge < -0.3 is 15.3 Å². The van der Waals surface area contributed by atoms with E-state index in [0.717, 1.165) is 32.1 Å². The van der Waals surface area contributed by atoms with Gasteiger partial charge in [-0.25, -0.2) is 0 Å². The lowest BCUT2D eigenvalue weighted by Crippen LogP contribution is -2.06. The molecule has 0 aromatic rings. The second kappa shape index (κ2) is 17.9. The molecule has 0 aromatic carbocycles. The SMILES string of the molecule is OCCCCCCCCCCCCCCC(O)CCCO. The molecule has 0 radical (unpaired) electrons. The average molecular weight is 302 g/mol. The van der Waals surface area contributed by atoms with E-state index in [4.69, 9.17) is 10.2 Å². The molecule has 1 atom stereocenters. The van der Waals surface area contributed by atoms with Crippen molar-refractivity contribution in [2.75, 3.05) is 13.2 Å². The van der Waals surface area contributed by atoms with Gasteiger partial charge in [-0.3, -0.25) is 0 Å². The van der Waals surface area contributed by atoms with E-state index in [1.807, 2.05) is 0 Å². The molecule has 0 bridgehead atoms. The summed E-state index contributed by atoms with van der Waals surface area (Å²) in [7, 11) is 0. The van der Waals surface area contributed by atoms with Crippen LogP contribution in [0, 0.1) is 0 Å². The van der Waals surface area contributed by atoms with Crippen molar-refractivity contribution in [3.8, 4) is 0 Å². The summed E-state index contributed by atoms with van der Waals surface area (Å²) >= 11 is 0. The predicted molar refractivity (Wildman–Crippen MR) is 89.4 cm³/mol. The number of aliphatic hydroxyl groups excluding tert-OH is 3. The van der Waals surface area contributed by atoms with Crippen LogP contribution in [0.25, 0.3) is 0 Å². The third-order valence-corrected chi connectivity index (χ3v) is 4.14. The fourth-order valence-electron chi connectivity index (χ4n) is 2.73. The predicted octanol–water partition coefficient (Wildman–Crippen LogP) is 4.18. The smallest absolute Gasteiger partial charge is 0.0541 e. The molecule has 0 spiro atoms. The van der Waals surface area contributed by atoms with Gasteiger partial charge in [0.25, 0.3) is 0 Å². The van der Waals surface area contributed by atoms with Gasteiger partial charge in [-0.1, -0.05) is 70.6 Å². The van der Waals surface area contributed by atoms with Gasteiger partial charge in [0.2, 0.25) is 0 Å². The molecule has 0 rings (SSSR count). The molecule has 0 aromatic heterocycles. The Labute approximate surface area is 131 Å². The molecule has 21 heavy (non-hydrogen) atoms. The van der Waals surface area contributed by atoms with Crippen molar-refractivity contribution >= 4 is 0 Å². The molecular weight excluding hydrogens is 264 g/mol. The van der Waals surface area contributed by atoms with Crippen molar-refractivity contribution in [3.05, 3.63) is 0 Å². The van der Waals surface area contributed by atoms with Gasteiger partial charge in [0.15, 0.2) is 0 Å². The standard InChI is InChI=1S/C18H38O3/c19-16-12-10-8-6-4-2-1-3-5-7-9-11-14-18(21)15-13-17-20/h18-21H,1-17H2. The Morgan fingerprint density at radius 1 is 0.429 bits per heavy atom. The maximum atomic E-state index is 9.63. The molecular formula is C18H38O3. The first-order valence-corrected chi connectivity index (χ1v) is 9.21. The molecule has 128 valence electrons. The van der Waals surface area contributed by atoms with E-state index >= 15 is 0 Å². The summed E-state index contributed by atoms with van der Waals surface area (Å²) in [5.41, 5.74) is 0. The quantitative estimate of drug-likeness (QED) is 0.353. The van der Waals surface area contributed by atoms with E-state index in [9.17, 15) is 5.11 Å². The van der Waals surface area contributed by atoms with Crippen molar-refractivity contribution < 1.29 is 15.3 Å². The minimum atomic E-state index is -0.206. The largest absolute Gasteiger partial charge is 0.396 e. The summed E-state index contributed by atoms with van der Waals surface area (Å²) in [6, 6.07) is 0. The van der Waals surface area contributed by atoms with Crippen LogP contribution in [0.15, 0.2) is 0 Å². The van der Waals surface area contributed by atoms with Gasteiger partial charge in [0.05, 0.1) is 6.10 Å². The van der Waals surface area contributed by atoms with E-state index in [2.05, 4.69) is 0 Å².